The Morgan fingerprint density at radius 3 is 2.41 bits per heavy atom. The van der Waals surface area contributed by atoms with Gasteiger partial charge in [-0.05, 0) is 0 Å². The van der Waals surface area contributed by atoms with Gasteiger partial charge in [0, 0.05) is 7.11 Å². The van der Waals surface area contributed by atoms with Crippen LogP contribution in [0.2, 0.25) is 0 Å². The number of ether oxygens (including phenoxy) is 3. The molecule has 4 nitrogen and oxygen atoms in total. The number of nitrogens with zero attached hydrogens (tertiary/aromatic N) is 1. The van der Waals surface area contributed by atoms with E-state index in [9.17, 15) is 0 Å². The minimum Gasteiger partial charge on any atom is -0.481 e. The van der Waals surface area contributed by atoms with Crippen molar-refractivity contribution in [3.63, 3.8) is 0 Å². The summed E-state index contributed by atoms with van der Waals surface area (Å²) in [6, 6.07) is 0.157. The van der Waals surface area contributed by atoms with Crippen LogP contribution in [0.15, 0.2) is 4.99 Å². The van der Waals surface area contributed by atoms with Crippen molar-refractivity contribution in [2.45, 2.75) is 57.4 Å². The van der Waals surface area contributed by atoms with Gasteiger partial charge in [-0.1, -0.05) is 50.9 Å². The second kappa shape index (κ2) is 13.9. The van der Waals surface area contributed by atoms with E-state index in [2.05, 4.69) is 11.4 Å². The number of methoxy groups -OCH3 is 1. The third-order valence-corrected chi connectivity index (χ3v) is 3.98. The van der Waals surface area contributed by atoms with Crippen LogP contribution in [0.3, 0.4) is 0 Å². The Labute approximate surface area is 157 Å². The molecule has 1 heterocycles. The maximum absolute atomic E-state index is 5.58. The molecule has 3 aliphatic rings. The van der Waals surface area contributed by atoms with Crippen LogP contribution in [0.1, 0.15) is 51.4 Å². The van der Waals surface area contributed by atoms with Gasteiger partial charge in [0.05, 0.1) is 6.61 Å². The van der Waals surface area contributed by atoms with Gasteiger partial charge in [-0.2, -0.15) is 6.42 Å². The fraction of sp³-hybridized carbons (Fsp3) is 0.875. The van der Waals surface area contributed by atoms with Crippen LogP contribution in [0.4, 0.5) is 0 Å². The topological polar surface area (TPSA) is 40.0 Å². The summed E-state index contributed by atoms with van der Waals surface area (Å²) in [6.07, 6.45) is 13.4. The van der Waals surface area contributed by atoms with Crippen molar-refractivity contribution in [3.8, 4) is 0 Å². The fourth-order valence-electron chi connectivity index (χ4n) is 2.87. The average Bonchev–Trinajstić information content (AvgIpc) is 3.22. The molecule has 2 fully saturated rings. The van der Waals surface area contributed by atoms with Crippen molar-refractivity contribution in [2.75, 3.05) is 27.1 Å². The summed E-state index contributed by atoms with van der Waals surface area (Å²) in [7, 11) is 1.62. The smallest absolute Gasteiger partial charge is 0.481 e. The van der Waals surface area contributed by atoms with Gasteiger partial charge in [0.1, 0.15) is 19.4 Å². The van der Waals surface area contributed by atoms with Crippen LogP contribution in [-0.2, 0) is 31.3 Å². The molecule has 0 bridgehead atoms. The molecule has 0 aromatic rings. The first-order chi connectivity index (χ1) is 9.90. The summed E-state index contributed by atoms with van der Waals surface area (Å²) in [4.78, 5) is 4.52. The van der Waals surface area contributed by atoms with Gasteiger partial charge < -0.3 is 20.6 Å². The Morgan fingerprint density at radius 2 is 1.86 bits per heavy atom. The van der Waals surface area contributed by atoms with Crippen molar-refractivity contribution < 1.29 is 50.1 Å². The molecule has 1 unspecified atom stereocenters. The Kier molecular flexibility index (Phi) is 14.2. The molecule has 0 spiro atoms. The van der Waals surface area contributed by atoms with Crippen molar-refractivity contribution in [1.29, 1.82) is 0 Å². The average molecular weight is 345 g/mol. The second-order valence-corrected chi connectivity index (χ2v) is 5.75. The van der Waals surface area contributed by atoms with Crippen molar-refractivity contribution >= 4 is 5.90 Å². The molecule has 2 saturated carbocycles. The number of rotatable bonds is 5. The third-order valence-electron chi connectivity index (χ3n) is 3.98. The Hall–Kier alpha value is 0.507. The third kappa shape index (κ3) is 8.38. The summed E-state index contributed by atoms with van der Waals surface area (Å²) < 4.78 is 15.6. The first-order valence-corrected chi connectivity index (χ1v) is 8.00. The van der Waals surface area contributed by atoms with E-state index < -0.39 is 0 Å². The van der Waals surface area contributed by atoms with Gasteiger partial charge in [0.2, 0.25) is 0 Å². The zero-order valence-electron chi connectivity index (χ0n) is 14.0. The van der Waals surface area contributed by atoms with Crippen molar-refractivity contribution in [2.24, 2.45) is 10.9 Å². The van der Waals surface area contributed by atoms with Gasteiger partial charge in [-0.25, -0.2) is 4.99 Å². The van der Waals surface area contributed by atoms with Crippen molar-refractivity contribution in [3.05, 3.63) is 6.42 Å². The van der Waals surface area contributed by atoms with E-state index in [0.717, 1.165) is 5.90 Å². The molecule has 1 aliphatic heterocycles. The SMILES string of the molecule is C1CCCC1.COCOC[C@H]1COC(C2[CH-]CCC2)=N1.[Fe+2].[Li+]. The maximum atomic E-state index is 5.58. The normalized spacial score (nSPS) is 26.1. The van der Waals surface area contributed by atoms with Crippen LogP contribution in [0.25, 0.3) is 0 Å². The molecular weight excluding hydrogens is 317 g/mol. The molecule has 122 valence electrons. The van der Waals surface area contributed by atoms with E-state index in [1.807, 2.05) is 0 Å². The summed E-state index contributed by atoms with van der Waals surface area (Å²) >= 11 is 0. The first-order valence-electron chi connectivity index (χ1n) is 8.00. The fourth-order valence-corrected chi connectivity index (χ4v) is 2.87. The van der Waals surface area contributed by atoms with Crippen LogP contribution in [0, 0.1) is 12.3 Å². The molecule has 6 heteroatoms. The molecule has 0 saturated heterocycles. The molecule has 0 radical (unpaired) electrons. The van der Waals surface area contributed by atoms with Gasteiger partial charge in [-0.3, -0.25) is 0 Å². The second-order valence-electron chi connectivity index (χ2n) is 5.75. The molecule has 3 rings (SSSR count). The first kappa shape index (κ1) is 22.5. The Balaban J connectivity index is 0.000000542. The van der Waals surface area contributed by atoms with E-state index in [1.165, 1.54) is 51.4 Å². The molecule has 22 heavy (non-hydrogen) atoms. The van der Waals surface area contributed by atoms with E-state index in [-0.39, 0.29) is 42.0 Å². The van der Waals surface area contributed by atoms with Crippen LogP contribution < -0.4 is 18.9 Å². The molecular formula is C16H28FeLiNO3+2. The number of hydrogen-bond acceptors (Lipinski definition) is 4. The quantitative estimate of drug-likeness (QED) is 0.313. The van der Waals surface area contributed by atoms with Crippen molar-refractivity contribution in [1.82, 2.24) is 0 Å². The Morgan fingerprint density at radius 1 is 1.18 bits per heavy atom. The van der Waals surface area contributed by atoms with Gasteiger partial charge in [0.15, 0.2) is 5.90 Å². The monoisotopic (exact) mass is 345 g/mol. The molecule has 0 aromatic carbocycles. The summed E-state index contributed by atoms with van der Waals surface area (Å²) in [6.45, 7) is 1.57. The van der Waals surface area contributed by atoms with Gasteiger partial charge in [0.25, 0.3) is 0 Å². The number of aliphatic imine (C=N–C) groups is 1. The van der Waals surface area contributed by atoms with E-state index in [4.69, 9.17) is 14.2 Å². The standard InChI is InChI=1S/C11H18NO3.C5H10.Fe.Li/c1-13-8-14-6-10-7-15-11(12-10)9-4-2-3-5-9;1-2-4-5-3-1;;/h4,9-10H,2-3,5-8H2,1H3;1-5H2;;/q-1;;+2;+1/t9?,10-;;;/m0.../s1. The largest absolute Gasteiger partial charge is 2.00 e. The predicted octanol–water partition coefficient (Wildman–Crippen LogP) is 0.361. The number of hydrogen-bond donors (Lipinski definition) is 0. The molecule has 0 aromatic heterocycles. The predicted molar refractivity (Wildman–Crippen MR) is 79.7 cm³/mol. The maximum Gasteiger partial charge on any atom is 2.00 e. The van der Waals surface area contributed by atoms with Crippen LogP contribution in [-0.4, -0.2) is 39.1 Å². The van der Waals surface area contributed by atoms with E-state index in [0.29, 0.717) is 25.9 Å². The molecule has 0 N–H and O–H groups in total. The van der Waals surface area contributed by atoms with Crippen LogP contribution in [0.5, 0.6) is 0 Å². The van der Waals surface area contributed by atoms with Gasteiger partial charge in [-0.15, -0.1) is 0 Å². The molecule has 2 atom stereocenters. The van der Waals surface area contributed by atoms with E-state index in [1.54, 1.807) is 7.11 Å². The summed E-state index contributed by atoms with van der Waals surface area (Å²) in [5.41, 5.74) is 0. The van der Waals surface area contributed by atoms with Gasteiger partial charge >= 0.3 is 35.9 Å². The zero-order chi connectivity index (χ0) is 14.0. The minimum absolute atomic E-state index is 0. The van der Waals surface area contributed by atoms with Crippen LogP contribution >= 0.6 is 0 Å². The van der Waals surface area contributed by atoms with E-state index >= 15 is 0 Å². The molecule has 0 amide bonds. The molecule has 2 aliphatic carbocycles. The summed E-state index contributed by atoms with van der Waals surface area (Å²) in [5.74, 6) is 1.37. The minimum atomic E-state index is 0. The Bertz CT molecular complexity index is 288. The zero-order valence-corrected chi connectivity index (χ0v) is 15.1. The summed E-state index contributed by atoms with van der Waals surface area (Å²) in [5, 5.41) is 0.